The minimum absolute atomic E-state index is 0.103. The summed E-state index contributed by atoms with van der Waals surface area (Å²) < 4.78 is 0.965. The molecule has 0 aliphatic rings. The smallest absolute Gasteiger partial charge is 0.349 e. The van der Waals surface area contributed by atoms with Gasteiger partial charge in [0.1, 0.15) is 6.20 Å². The highest BCUT2D eigenvalue weighted by atomic mass is 16.4. The van der Waals surface area contributed by atoms with Crippen molar-refractivity contribution in [2.75, 3.05) is 0 Å². The van der Waals surface area contributed by atoms with Crippen molar-refractivity contribution < 1.29 is 9.90 Å². The maximum Gasteiger partial charge on any atom is 0.349 e. The number of hydrogen-bond acceptors (Lipinski definition) is 4. The van der Waals surface area contributed by atoms with E-state index in [-0.39, 0.29) is 5.56 Å². The van der Waals surface area contributed by atoms with Gasteiger partial charge in [-0.3, -0.25) is 9.78 Å². The van der Waals surface area contributed by atoms with Crippen LogP contribution in [-0.2, 0) is 0 Å². The van der Waals surface area contributed by atoms with Crippen LogP contribution in [0.5, 0.6) is 0 Å². The van der Waals surface area contributed by atoms with Gasteiger partial charge in [0.15, 0.2) is 0 Å². The monoisotopic (exact) mass is 233 g/mol. The lowest BCUT2D eigenvalue weighted by molar-refractivity contribution is 0.0697. The van der Waals surface area contributed by atoms with E-state index in [0.717, 1.165) is 10.9 Å². The van der Waals surface area contributed by atoms with Gasteiger partial charge < -0.3 is 5.11 Å². The number of benzene rings is 1. The fourth-order valence-corrected chi connectivity index (χ4v) is 1.28. The van der Waals surface area contributed by atoms with Crippen molar-refractivity contribution in [2.45, 2.75) is 0 Å². The largest absolute Gasteiger partial charge is 0.478 e. The number of carboxylic acid groups (broad SMARTS) is 1. The fourth-order valence-electron chi connectivity index (χ4n) is 1.28. The van der Waals surface area contributed by atoms with Crippen molar-refractivity contribution in [1.29, 1.82) is 0 Å². The fraction of sp³-hybridized carbons (Fsp3) is 0. The Kier molecular flexibility index (Phi) is 2.57. The highest BCUT2D eigenvalue weighted by Crippen LogP contribution is 2.05. The molecule has 7 nitrogen and oxygen atoms in total. The van der Waals surface area contributed by atoms with Crippen LogP contribution in [0.1, 0.15) is 10.4 Å². The van der Waals surface area contributed by atoms with Crippen molar-refractivity contribution in [2.24, 2.45) is 0 Å². The van der Waals surface area contributed by atoms with Gasteiger partial charge in [0.2, 0.25) is 0 Å². The van der Waals surface area contributed by atoms with Gasteiger partial charge in [0.05, 0.1) is 11.3 Å². The van der Waals surface area contributed by atoms with Crippen molar-refractivity contribution in [3.05, 3.63) is 56.9 Å². The molecule has 0 unspecified atom stereocenters. The Labute approximate surface area is 94.0 Å². The summed E-state index contributed by atoms with van der Waals surface area (Å²) in [4.78, 5) is 34.9. The lowest BCUT2D eigenvalue weighted by Crippen LogP contribution is -2.30. The molecule has 1 aromatic carbocycles. The van der Waals surface area contributed by atoms with Crippen LogP contribution in [0.3, 0.4) is 0 Å². The van der Waals surface area contributed by atoms with Crippen LogP contribution in [0.25, 0.3) is 5.69 Å². The van der Waals surface area contributed by atoms with Crippen LogP contribution in [0.15, 0.2) is 40.1 Å². The number of aromatic carboxylic acids is 1. The van der Waals surface area contributed by atoms with Crippen LogP contribution < -0.4 is 11.2 Å². The molecule has 17 heavy (non-hydrogen) atoms. The molecule has 0 bridgehead atoms. The molecule has 0 saturated heterocycles. The van der Waals surface area contributed by atoms with Crippen LogP contribution in [0.2, 0.25) is 0 Å². The maximum absolute atomic E-state index is 11.4. The first kappa shape index (κ1) is 10.8. The molecule has 2 rings (SSSR count). The van der Waals surface area contributed by atoms with Gasteiger partial charge in [0, 0.05) is 0 Å². The first-order valence-corrected chi connectivity index (χ1v) is 4.60. The Morgan fingerprint density at radius 2 is 1.88 bits per heavy atom. The number of hydrogen-bond donors (Lipinski definition) is 2. The number of nitrogens with zero attached hydrogens (tertiary/aromatic N) is 2. The molecule has 1 heterocycles. The molecule has 0 amide bonds. The van der Waals surface area contributed by atoms with Crippen LogP contribution in [0, 0.1) is 0 Å². The molecule has 0 radical (unpaired) electrons. The predicted octanol–water partition coefficient (Wildman–Crippen LogP) is -0.381. The second kappa shape index (κ2) is 4.05. The molecule has 0 aliphatic heterocycles. The Hall–Kier alpha value is -2.70. The zero-order valence-corrected chi connectivity index (χ0v) is 8.45. The summed E-state index contributed by atoms with van der Waals surface area (Å²) >= 11 is 0. The van der Waals surface area contributed by atoms with Gasteiger partial charge in [-0.1, -0.05) is 0 Å². The summed E-state index contributed by atoms with van der Waals surface area (Å²) in [5, 5.41) is 12.3. The molecule has 0 fully saturated rings. The van der Waals surface area contributed by atoms with E-state index in [0.29, 0.717) is 5.69 Å². The Bertz CT molecular complexity index is 669. The van der Waals surface area contributed by atoms with Crippen LogP contribution >= 0.6 is 0 Å². The molecule has 0 saturated carbocycles. The molecule has 0 spiro atoms. The number of H-pyrrole nitrogens is 1. The van der Waals surface area contributed by atoms with Crippen LogP contribution in [-0.4, -0.2) is 25.8 Å². The first-order chi connectivity index (χ1) is 8.08. The van der Waals surface area contributed by atoms with Crippen molar-refractivity contribution >= 4 is 5.97 Å². The van der Waals surface area contributed by atoms with Crippen molar-refractivity contribution in [3.8, 4) is 5.69 Å². The Morgan fingerprint density at radius 3 is 2.41 bits per heavy atom. The Morgan fingerprint density at radius 1 is 1.24 bits per heavy atom. The predicted molar refractivity (Wildman–Crippen MR) is 57.4 cm³/mol. The second-order valence-electron chi connectivity index (χ2n) is 3.20. The number of carboxylic acids is 1. The van der Waals surface area contributed by atoms with Crippen molar-refractivity contribution in [3.63, 3.8) is 0 Å². The number of aromatic amines is 1. The van der Waals surface area contributed by atoms with E-state index in [9.17, 15) is 14.4 Å². The van der Waals surface area contributed by atoms with E-state index in [1.807, 2.05) is 4.98 Å². The lowest BCUT2D eigenvalue weighted by Gasteiger charge is -2.02. The van der Waals surface area contributed by atoms with E-state index in [1.54, 1.807) is 0 Å². The van der Waals surface area contributed by atoms with E-state index in [2.05, 4.69) is 5.10 Å². The maximum atomic E-state index is 11.4. The quantitative estimate of drug-likeness (QED) is 0.735. The molecular weight excluding hydrogens is 226 g/mol. The highest BCUT2D eigenvalue weighted by Gasteiger charge is 2.04. The zero-order chi connectivity index (χ0) is 12.4. The molecule has 86 valence electrons. The third-order valence-corrected chi connectivity index (χ3v) is 2.07. The number of aromatic nitrogens is 3. The number of nitrogens with one attached hydrogen (secondary N) is 1. The standard InChI is InChI=1S/C10H7N3O4/c14-8-5-11-13(10(17)12-8)7-3-1-6(2-4-7)9(15)16/h1-5H,(H,15,16)(H,12,14,17). The average molecular weight is 233 g/mol. The Balaban J connectivity index is 2.50. The SMILES string of the molecule is O=C(O)c1ccc(-n2ncc(=O)[nH]c2=O)cc1. The van der Waals surface area contributed by atoms with Gasteiger partial charge in [-0.15, -0.1) is 0 Å². The van der Waals surface area contributed by atoms with E-state index < -0.39 is 17.2 Å². The summed E-state index contributed by atoms with van der Waals surface area (Å²) in [5.41, 5.74) is -0.795. The number of carbonyl (C=O) groups is 1. The van der Waals surface area contributed by atoms with Gasteiger partial charge in [-0.05, 0) is 24.3 Å². The summed E-state index contributed by atoms with van der Waals surface area (Å²) in [6, 6.07) is 5.54. The van der Waals surface area contributed by atoms with Crippen LogP contribution in [0.4, 0.5) is 0 Å². The molecule has 2 aromatic rings. The van der Waals surface area contributed by atoms with E-state index in [1.165, 1.54) is 24.3 Å². The lowest BCUT2D eigenvalue weighted by atomic mass is 10.2. The average Bonchev–Trinajstić information content (AvgIpc) is 2.29. The third kappa shape index (κ3) is 2.12. The van der Waals surface area contributed by atoms with Gasteiger partial charge >= 0.3 is 11.7 Å². The molecule has 7 heteroatoms. The third-order valence-electron chi connectivity index (χ3n) is 2.07. The summed E-state index contributed by atoms with van der Waals surface area (Å²) in [6.07, 6.45) is 0.965. The minimum atomic E-state index is -1.06. The second-order valence-corrected chi connectivity index (χ2v) is 3.20. The normalized spacial score (nSPS) is 10.1. The van der Waals surface area contributed by atoms with Crippen molar-refractivity contribution in [1.82, 2.24) is 14.8 Å². The summed E-state index contributed by atoms with van der Waals surface area (Å²) in [5.74, 6) is -1.06. The topological polar surface area (TPSA) is 105 Å². The summed E-state index contributed by atoms with van der Waals surface area (Å²) in [6.45, 7) is 0. The van der Waals surface area contributed by atoms with Gasteiger partial charge in [0.25, 0.3) is 5.56 Å². The molecule has 1 aromatic heterocycles. The molecular formula is C10H7N3O4. The van der Waals surface area contributed by atoms with Gasteiger partial charge in [-0.2, -0.15) is 9.78 Å². The van der Waals surface area contributed by atoms with E-state index in [4.69, 9.17) is 5.11 Å². The highest BCUT2D eigenvalue weighted by molar-refractivity contribution is 5.87. The van der Waals surface area contributed by atoms with Gasteiger partial charge in [-0.25, -0.2) is 9.59 Å². The summed E-state index contributed by atoms with van der Waals surface area (Å²) in [7, 11) is 0. The minimum Gasteiger partial charge on any atom is -0.478 e. The molecule has 0 aliphatic carbocycles. The number of rotatable bonds is 2. The van der Waals surface area contributed by atoms with E-state index >= 15 is 0 Å². The molecule has 0 atom stereocenters. The first-order valence-electron chi connectivity index (χ1n) is 4.60. The zero-order valence-electron chi connectivity index (χ0n) is 8.45. The molecule has 2 N–H and O–H groups in total.